The Morgan fingerprint density at radius 1 is 1.45 bits per heavy atom. The minimum Gasteiger partial charge on any atom is -0.389 e. The van der Waals surface area contributed by atoms with Gasteiger partial charge in [0.15, 0.2) is 0 Å². The summed E-state index contributed by atoms with van der Waals surface area (Å²) in [5.41, 5.74) is 11.2. The molecule has 0 atom stereocenters. The zero-order valence-corrected chi connectivity index (χ0v) is 12.7. The molecule has 0 aliphatic rings. The number of thiocarbonyl (C=S) groups is 1. The Labute approximate surface area is 125 Å². The van der Waals surface area contributed by atoms with Crippen LogP contribution in [0.2, 0.25) is 0 Å². The van der Waals surface area contributed by atoms with Crippen molar-refractivity contribution in [1.29, 1.82) is 0 Å². The molecule has 102 valence electrons. The smallest absolute Gasteiger partial charge is 0.138 e. The molecule has 20 heavy (non-hydrogen) atoms. The largest absolute Gasteiger partial charge is 0.389 e. The number of nitrogens with zero attached hydrogens (tertiary/aromatic N) is 3. The molecular formula is C13H13N5S2. The van der Waals surface area contributed by atoms with Gasteiger partial charge in [-0.1, -0.05) is 12.2 Å². The molecule has 3 aromatic rings. The molecule has 1 aromatic carbocycles. The van der Waals surface area contributed by atoms with E-state index in [4.69, 9.17) is 18.0 Å². The summed E-state index contributed by atoms with van der Waals surface area (Å²) in [7, 11) is 1.86. The zero-order chi connectivity index (χ0) is 14.3. The van der Waals surface area contributed by atoms with Crippen LogP contribution in [-0.2, 0) is 7.05 Å². The van der Waals surface area contributed by atoms with Gasteiger partial charge in [0, 0.05) is 12.7 Å². The van der Waals surface area contributed by atoms with Crippen molar-refractivity contribution in [3.05, 3.63) is 35.0 Å². The first-order valence-electron chi connectivity index (χ1n) is 6.00. The summed E-state index contributed by atoms with van der Waals surface area (Å²) < 4.78 is 2.88. The van der Waals surface area contributed by atoms with Gasteiger partial charge in [0.05, 0.1) is 27.0 Å². The maximum Gasteiger partial charge on any atom is 0.138 e. The fourth-order valence-corrected chi connectivity index (χ4v) is 3.13. The van der Waals surface area contributed by atoms with Gasteiger partial charge in [-0.25, -0.2) is 4.98 Å². The number of hydrogen-bond donors (Lipinski definition) is 2. The summed E-state index contributed by atoms with van der Waals surface area (Å²) in [5, 5.41) is 7.69. The van der Waals surface area contributed by atoms with Gasteiger partial charge < -0.3 is 11.1 Å². The first kappa shape index (κ1) is 13.0. The summed E-state index contributed by atoms with van der Waals surface area (Å²) in [4.78, 5) is 4.61. The van der Waals surface area contributed by atoms with E-state index in [1.165, 1.54) is 0 Å². The van der Waals surface area contributed by atoms with Crippen molar-refractivity contribution in [1.82, 2.24) is 14.8 Å². The molecule has 0 fully saturated rings. The van der Waals surface area contributed by atoms with E-state index >= 15 is 0 Å². The first-order valence-corrected chi connectivity index (χ1v) is 7.28. The van der Waals surface area contributed by atoms with E-state index in [1.54, 1.807) is 16.0 Å². The lowest BCUT2D eigenvalue weighted by Crippen LogP contribution is -2.12. The summed E-state index contributed by atoms with van der Waals surface area (Å²) in [6, 6.07) is 6.02. The lowest BCUT2D eigenvalue weighted by Gasteiger charge is -2.09. The maximum absolute atomic E-state index is 5.79. The molecular weight excluding hydrogens is 290 g/mol. The van der Waals surface area contributed by atoms with Crippen LogP contribution < -0.4 is 11.1 Å². The molecule has 0 saturated heterocycles. The third-order valence-electron chi connectivity index (χ3n) is 3.06. The number of aromatic nitrogens is 3. The van der Waals surface area contributed by atoms with Crippen molar-refractivity contribution < 1.29 is 0 Å². The van der Waals surface area contributed by atoms with Gasteiger partial charge in [0.25, 0.3) is 0 Å². The van der Waals surface area contributed by atoms with Gasteiger partial charge in [0.2, 0.25) is 0 Å². The molecule has 0 aliphatic carbocycles. The number of rotatable bonds is 3. The normalized spacial score (nSPS) is 10.9. The van der Waals surface area contributed by atoms with Crippen LogP contribution in [0, 0.1) is 6.92 Å². The van der Waals surface area contributed by atoms with Crippen molar-refractivity contribution in [2.45, 2.75) is 6.92 Å². The van der Waals surface area contributed by atoms with E-state index in [0.717, 1.165) is 33.0 Å². The monoisotopic (exact) mass is 303 g/mol. The minimum atomic E-state index is 0.344. The van der Waals surface area contributed by atoms with Crippen LogP contribution in [0.4, 0.5) is 11.5 Å². The second-order valence-electron chi connectivity index (χ2n) is 4.46. The van der Waals surface area contributed by atoms with Gasteiger partial charge in [-0.05, 0) is 25.1 Å². The number of fused-ring (bicyclic) bond motifs is 1. The highest BCUT2D eigenvalue weighted by Gasteiger charge is 2.15. The van der Waals surface area contributed by atoms with Gasteiger partial charge in [0.1, 0.15) is 10.8 Å². The number of nitrogens with two attached hydrogens (primary N) is 1. The average molecular weight is 303 g/mol. The van der Waals surface area contributed by atoms with Crippen LogP contribution in [0.5, 0.6) is 0 Å². The Morgan fingerprint density at radius 2 is 2.25 bits per heavy atom. The molecule has 0 amide bonds. The highest BCUT2D eigenvalue weighted by Crippen LogP contribution is 2.27. The van der Waals surface area contributed by atoms with E-state index in [-0.39, 0.29) is 0 Å². The Bertz CT molecular complexity index is 802. The molecule has 5 nitrogen and oxygen atoms in total. The number of nitrogens with one attached hydrogen (secondary N) is 1. The minimum absolute atomic E-state index is 0.344. The van der Waals surface area contributed by atoms with Crippen molar-refractivity contribution in [2.75, 3.05) is 5.32 Å². The molecule has 0 bridgehead atoms. The van der Waals surface area contributed by atoms with Crippen molar-refractivity contribution in [3.8, 4) is 0 Å². The molecule has 2 heterocycles. The predicted molar refractivity (Wildman–Crippen MR) is 86.7 cm³/mol. The van der Waals surface area contributed by atoms with Crippen LogP contribution in [-0.4, -0.2) is 19.8 Å². The van der Waals surface area contributed by atoms with Crippen molar-refractivity contribution >= 4 is 50.3 Å². The second kappa shape index (κ2) is 4.84. The van der Waals surface area contributed by atoms with Crippen molar-refractivity contribution in [3.63, 3.8) is 0 Å². The first-order chi connectivity index (χ1) is 9.56. The third kappa shape index (κ3) is 2.14. The summed E-state index contributed by atoms with van der Waals surface area (Å²) in [5.74, 6) is 0.805. The molecule has 2 aromatic heterocycles. The number of hydrogen-bond acceptors (Lipinski definition) is 5. The fraction of sp³-hybridized carbons (Fsp3) is 0.154. The number of anilines is 2. The van der Waals surface area contributed by atoms with Crippen LogP contribution >= 0.6 is 23.6 Å². The summed E-state index contributed by atoms with van der Waals surface area (Å²) in [6.45, 7) is 1.89. The van der Waals surface area contributed by atoms with Gasteiger partial charge in [-0.15, -0.1) is 11.3 Å². The SMILES string of the molecule is Cc1nn(C)c(Nc2ccc3ncsc3c2)c1C(N)=S. The fourth-order valence-electron chi connectivity index (χ4n) is 2.17. The Hall–Kier alpha value is -1.99. The van der Waals surface area contributed by atoms with E-state index in [2.05, 4.69) is 21.5 Å². The number of thiazole rings is 1. The van der Waals surface area contributed by atoms with E-state index in [9.17, 15) is 0 Å². The average Bonchev–Trinajstić information content (AvgIpc) is 2.94. The lowest BCUT2D eigenvalue weighted by molar-refractivity contribution is 0.765. The topological polar surface area (TPSA) is 68.8 Å². The van der Waals surface area contributed by atoms with Crippen LogP contribution in [0.15, 0.2) is 23.7 Å². The van der Waals surface area contributed by atoms with Crippen LogP contribution in [0.3, 0.4) is 0 Å². The molecule has 3 rings (SSSR count). The van der Waals surface area contributed by atoms with Crippen LogP contribution in [0.1, 0.15) is 11.3 Å². The molecule has 0 radical (unpaired) electrons. The number of benzene rings is 1. The van der Waals surface area contributed by atoms with E-state index in [1.807, 2.05) is 31.6 Å². The Kier molecular flexibility index (Phi) is 3.15. The highest BCUT2D eigenvalue weighted by molar-refractivity contribution is 7.80. The zero-order valence-electron chi connectivity index (χ0n) is 11.0. The van der Waals surface area contributed by atoms with Gasteiger partial charge >= 0.3 is 0 Å². The van der Waals surface area contributed by atoms with Gasteiger partial charge in [-0.2, -0.15) is 5.10 Å². The van der Waals surface area contributed by atoms with Crippen LogP contribution in [0.25, 0.3) is 10.2 Å². The maximum atomic E-state index is 5.79. The Morgan fingerprint density at radius 3 is 3.00 bits per heavy atom. The highest BCUT2D eigenvalue weighted by atomic mass is 32.1. The number of aryl methyl sites for hydroxylation is 2. The van der Waals surface area contributed by atoms with E-state index in [0.29, 0.717) is 4.99 Å². The molecule has 0 spiro atoms. The van der Waals surface area contributed by atoms with Gasteiger partial charge in [-0.3, -0.25) is 4.68 Å². The third-order valence-corrected chi connectivity index (χ3v) is 4.06. The molecule has 0 unspecified atom stereocenters. The second-order valence-corrected chi connectivity index (χ2v) is 5.78. The lowest BCUT2D eigenvalue weighted by atomic mass is 10.2. The standard InChI is InChI=1S/C13H13N5S2/c1-7-11(12(14)19)13(18(2)17-7)16-8-3-4-9-10(5-8)20-6-15-9/h3-6,16H,1-2H3,(H2,14,19). The molecule has 0 aliphatic heterocycles. The summed E-state index contributed by atoms with van der Waals surface area (Å²) >= 11 is 6.71. The molecule has 3 N–H and O–H groups in total. The Balaban J connectivity index is 2.04. The summed E-state index contributed by atoms with van der Waals surface area (Å²) in [6.07, 6.45) is 0. The quantitative estimate of drug-likeness (QED) is 0.728. The van der Waals surface area contributed by atoms with E-state index < -0.39 is 0 Å². The van der Waals surface area contributed by atoms with Crippen molar-refractivity contribution in [2.24, 2.45) is 12.8 Å². The predicted octanol–water partition coefficient (Wildman–Crippen LogP) is 2.72. The molecule has 7 heteroatoms. The molecule has 0 saturated carbocycles.